The highest BCUT2D eigenvalue weighted by Crippen LogP contribution is 2.28. The summed E-state index contributed by atoms with van der Waals surface area (Å²) >= 11 is 0. The Kier molecular flexibility index (Phi) is 3.06. The number of nitrogens with one attached hydrogen (secondary N) is 2. The quantitative estimate of drug-likeness (QED) is 0.668. The van der Waals surface area contributed by atoms with E-state index in [-0.39, 0.29) is 11.8 Å². The van der Waals surface area contributed by atoms with Crippen molar-refractivity contribution in [2.75, 3.05) is 5.32 Å². The Bertz CT molecular complexity index is 751. The van der Waals surface area contributed by atoms with Gasteiger partial charge >= 0.3 is 0 Å². The van der Waals surface area contributed by atoms with Crippen LogP contribution in [0.5, 0.6) is 5.75 Å². The molecule has 0 aliphatic rings. The molecule has 2 aromatic carbocycles. The fourth-order valence-corrected chi connectivity index (χ4v) is 2.35. The molecule has 102 valence electrons. The van der Waals surface area contributed by atoms with E-state index >= 15 is 0 Å². The SMILES string of the molecule is CC(Nc1ccc2[nH]ccc2c1)c1ccc(F)cc1O. The zero-order valence-electron chi connectivity index (χ0n) is 11.0. The molecular formula is C16H15FN2O. The van der Waals surface area contributed by atoms with E-state index in [1.54, 1.807) is 6.07 Å². The molecule has 0 saturated carbocycles. The van der Waals surface area contributed by atoms with Gasteiger partial charge in [-0.2, -0.15) is 0 Å². The van der Waals surface area contributed by atoms with E-state index in [1.807, 2.05) is 37.4 Å². The summed E-state index contributed by atoms with van der Waals surface area (Å²) in [4.78, 5) is 3.14. The topological polar surface area (TPSA) is 48.0 Å². The van der Waals surface area contributed by atoms with Crippen molar-refractivity contribution in [3.63, 3.8) is 0 Å². The van der Waals surface area contributed by atoms with Crippen LogP contribution >= 0.6 is 0 Å². The van der Waals surface area contributed by atoms with E-state index in [1.165, 1.54) is 6.07 Å². The molecule has 0 saturated heterocycles. The van der Waals surface area contributed by atoms with E-state index < -0.39 is 5.82 Å². The first-order chi connectivity index (χ1) is 9.63. The largest absolute Gasteiger partial charge is 0.507 e. The van der Waals surface area contributed by atoms with E-state index in [9.17, 15) is 9.50 Å². The van der Waals surface area contributed by atoms with Crippen LogP contribution in [0, 0.1) is 5.82 Å². The van der Waals surface area contributed by atoms with E-state index in [0.717, 1.165) is 22.7 Å². The molecule has 3 N–H and O–H groups in total. The number of hydrogen-bond acceptors (Lipinski definition) is 2. The fraction of sp³-hybridized carbons (Fsp3) is 0.125. The van der Waals surface area contributed by atoms with Crippen LogP contribution in [-0.2, 0) is 0 Å². The number of aromatic nitrogens is 1. The second-order valence-electron chi connectivity index (χ2n) is 4.85. The number of aromatic amines is 1. The third kappa shape index (κ3) is 2.32. The van der Waals surface area contributed by atoms with Gasteiger partial charge in [0, 0.05) is 34.4 Å². The molecule has 1 atom stereocenters. The maximum Gasteiger partial charge on any atom is 0.126 e. The minimum absolute atomic E-state index is 0.0345. The van der Waals surface area contributed by atoms with Crippen LogP contribution in [0.25, 0.3) is 10.9 Å². The molecule has 4 heteroatoms. The first kappa shape index (κ1) is 12.5. The number of fused-ring (bicyclic) bond motifs is 1. The predicted octanol–water partition coefficient (Wildman–Crippen LogP) is 4.19. The van der Waals surface area contributed by atoms with Crippen molar-refractivity contribution in [1.82, 2.24) is 4.98 Å². The lowest BCUT2D eigenvalue weighted by Gasteiger charge is -2.17. The zero-order chi connectivity index (χ0) is 14.1. The number of aromatic hydroxyl groups is 1. The lowest BCUT2D eigenvalue weighted by Crippen LogP contribution is -2.06. The Balaban J connectivity index is 1.85. The molecule has 1 unspecified atom stereocenters. The van der Waals surface area contributed by atoms with Crippen molar-refractivity contribution in [2.24, 2.45) is 0 Å². The van der Waals surface area contributed by atoms with Gasteiger partial charge in [-0.25, -0.2) is 4.39 Å². The van der Waals surface area contributed by atoms with Crippen LogP contribution in [0.2, 0.25) is 0 Å². The summed E-state index contributed by atoms with van der Waals surface area (Å²) in [7, 11) is 0. The van der Waals surface area contributed by atoms with Crippen LogP contribution in [-0.4, -0.2) is 10.1 Å². The molecule has 1 aromatic heterocycles. The van der Waals surface area contributed by atoms with Crippen molar-refractivity contribution in [1.29, 1.82) is 0 Å². The summed E-state index contributed by atoms with van der Waals surface area (Å²) < 4.78 is 13.0. The number of H-pyrrole nitrogens is 1. The average molecular weight is 270 g/mol. The first-order valence-electron chi connectivity index (χ1n) is 6.45. The van der Waals surface area contributed by atoms with Gasteiger partial charge in [-0.15, -0.1) is 0 Å². The van der Waals surface area contributed by atoms with Crippen molar-refractivity contribution < 1.29 is 9.50 Å². The van der Waals surface area contributed by atoms with Crippen LogP contribution in [0.15, 0.2) is 48.7 Å². The first-order valence-corrected chi connectivity index (χ1v) is 6.45. The summed E-state index contributed by atoms with van der Waals surface area (Å²) in [5, 5.41) is 14.2. The molecule has 0 amide bonds. The van der Waals surface area contributed by atoms with Crippen LogP contribution in [0.1, 0.15) is 18.5 Å². The number of anilines is 1. The highest BCUT2D eigenvalue weighted by atomic mass is 19.1. The Morgan fingerprint density at radius 3 is 2.80 bits per heavy atom. The van der Waals surface area contributed by atoms with Crippen molar-refractivity contribution >= 4 is 16.6 Å². The Labute approximate surface area is 116 Å². The lowest BCUT2D eigenvalue weighted by molar-refractivity contribution is 0.459. The number of phenolic OH excluding ortho intramolecular Hbond substituents is 1. The van der Waals surface area contributed by atoms with Gasteiger partial charge in [0.05, 0.1) is 6.04 Å². The molecule has 0 spiro atoms. The minimum Gasteiger partial charge on any atom is -0.507 e. The van der Waals surface area contributed by atoms with Crippen LogP contribution < -0.4 is 5.32 Å². The molecule has 0 fully saturated rings. The Morgan fingerprint density at radius 2 is 2.00 bits per heavy atom. The molecule has 0 radical (unpaired) electrons. The average Bonchev–Trinajstić information content (AvgIpc) is 2.85. The van der Waals surface area contributed by atoms with Gasteiger partial charge in [0.25, 0.3) is 0 Å². The van der Waals surface area contributed by atoms with E-state index in [4.69, 9.17) is 0 Å². The van der Waals surface area contributed by atoms with Crippen LogP contribution in [0.4, 0.5) is 10.1 Å². The molecule has 0 bridgehead atoms. The smallest absolute Gasteiger partial charge is 0.126 e. The maximum atomic E-state index is 13.0. The van der Waals surface area contributed by atoms with Crippen molar-refractivity contribution in [3.05, 3.63) is 60.0 Å². The van der Waals surface area contributed by atoms with Gasteiger partial charge in [-0.3, -0.25) is 0 Å². The second-order valence-corrected chi connectivity index (χ2v) is 4.85. The Hall–Kier alpha value is -2.49. The standard InChI is InChI=1S/C16H15FN2O/c1-10(14-4-2-12(17)9-16(14)20)19-13-3-5-15-11(8-13)6-7-18-15/h2-10,18-20H,1H3. The van der Waals surface area contributed by atoms with Crippen molar-refractivity contribution in [2.45, 2.75) is 13.0 Å². The van der Waals surface area contributed by atoms with Gasteiger partial charge in [-0.05, 0) is 37.3 Å². The van der Waals surface area contributed by atoms with E-state index in [0.29, 0.717) is 5.56 Å². The zero-order valence-corrected chi connectivity index (χ0v) is 11.0. The fourth-order valence-electron chi connectivity index (χ4n) is 2.35. The van der Waals surface area contributed by atoms with Gasteiger partial charge in [0.15, 0.2) is 0 Å². The molecule has 1 heterocycles. The van der Waals surface area contributed by atoms with Gasteiger partial charge in [0.2, 0.25) is 0 Å². The third-order valence-electron chi connectivity index (χ3n) is 3.40. The second kappa shape index (κ2) is 4.89. The van der Waals surface area contributed by atoms with E-state index in [2.05, 4.69) is 10.3 Å². The number of benzene rings is 2. The summed E-state index contributed by atoms with van der Waals surface area (Å²) in [6.45, 7) is 1.92. The number of rotatable bonds is 3. The molecular weight excluding hydrogens is 255 g/mol. The number of phenols is 1. The normalized spacial score (nSPS) is 12.5. The number of halogens is 1. The molecule has 3 rings (SSSR count). The maximum absolute atomic E-state index is 13.0. The molecule has 0 aliphatic heterocycles. The summed E-state index contributed by atoms with van der Waals surface area (Å²) in [6, 6.07) is 11.9. The molecule has 0 aliphatic carbocycles. The molecule has 3 nitrogen and oxygen atoms in total. The Morgan fingerprint density at radius 1 is 1.15 bits per heavy atom. The minimum atomic E-state index is -0.438. The van der Waals surface area contributed by atoms with Crippen molar-refractivity contribution in [3.8, 4) is 5.75 Å². The molecule has 3 aromatic rings. The number of hydrogen-bond donors (Lipinski definition) is 3. The van der Waals surface area contributed by atoms with Gasteiger partial charge in [-0.1, -0.05) is 6.07 Å². The van der Waals surface area contributed by atoms with Gasteiger partial charge < -0.3 is 15.4 Å². The van der Waals surface area contributed by atoms with Gasteiger partial charge in [0.1, 0.15) is 11.6 Å². The monoisotopic (exact) mass is 270 g/mol. The summed E-state index contributed by atoms with van der Waals surface area (Å²) in [6.07, 6.45) is 1.89. The highest BCUT2D eigenvalue weighted by molar-refractivity contribution is 5.83. The summed E-state index contributed by atoms with van der Waals surface area (Å²) in [5.74, 6) is -0.472. The third-order valence-corrected chi connectivity index (χ3v) is 3.40. The lowest BCUT2D eigenvalue weighted by atomic mass is 10.1. The summed E-state index contributed by atoms with van der Waals surface area (Å²) in [5.41, 5.74) is 2.70. The molecule has 20 heavy (non-hydrogen) atoms. The highest BCUT2D eigenvalue weighted by Gasteiger charge is 2.11. The van der Waals surface area contributed by atoms with Crippen LogP contribution in [0.3, 0.4) is 0 Å². The predicted molar refractivity (Wildman–Crippen MR) is 78.4 cm³/mol.